The lowest BCUT2D eigenvalue weighted by molar-refractivity contribution is -0.134. The van der Waals surface area contributed by atoms with Gasteiger partial charge in [0.25, 0.3) is 0 Å². The number of carbonyl (C=O) groups is 2. The molecule has 0 atom stereocenters. The van der Waals surface area contributed by atoms with Crippen molar-refractivity contribution in [3.05, 3.63) is 65.7 Å². The zero-order valence-corrected chi connectivity index (χ0v) is 16.4. The number of oxazole rings is 1. The summed E-state index contributed by atoms with van der Waals surface area (Å²) in [5.41, 5.74) is 3.19. The Bertz CT molecular complexity index is 870. The van der Waals surface area contributed by atoms with E-state index in [1.165, 1.54) is 5.56 Å². The van der Waals surface area contributed by atoms with E-state index in [0.29, 0.717) is 24.0 Å². The maximum atomic E-state index is 9.55. The number of carboxylic acids is 2. The predicted molar refractivity (Wildman–Crippen MR) is 107 cm³/mol. The lowest BCUT2D eigenvalue weighted by Crippen LogP contribution is -2.25. The Labute approximate surface area is 168 Å². The fourth-order valence-electron chi connectivity index (χ4n) is 2.73. The number of likely N-dealkylation sites (N-methyl/N-ethyl adjacent to an activating group) is 1. The first-order chi connectivity index (χ1) is 13.9. The van der Waals surface area contributed by atoms with E-state index in [2.05, 4.69) is 35.1 Å². The third-order valence-corrected chi connectivity index (χ3v) is 4.05. The number of hydrogen-bond donors (Lipinski definition) is 2. The molecule has 1 aliphatic rings. The summed E-state index contributed by atoms with van der Waals surface area (Å²) in [6, 6.07) is 10.2. The van der Waals surface area contributed by atoms with Gasteiger partial charge >= 0.3 is 17.9 Å². The van der Waals surface area contributed by atoms with E-state index >= 15 is 0 Å². The molecule has 0 unspecified atom stereocenters. The Kier molecular flexibility index (Phi) is 8.17. The molecule has 0 spiro atoms. The van der Waals surface area contributed by atoms with Gasteiger partial charge in [0.05, 0.1) is 7.11 Å². The maximum Gasteiger partial charge on any atom is 0.328 e. The van der Waals surface area contributed by atoms with Crippen LogP contribution in [-0.4, -0.2) is 59.3 Å². The summed E-state index contributed by atoms with van der Waals surface area (Å²) in [5.74, 6) is -1.31. The Balaban J connectivity index is 0.000000321. The van der Waals surface area contributed by atoms with E-state index in [0.717, 1.165) is 37.2 Å². The number of benzene rings is 1. The second-order valence-electron chi connectivity index (χ2n) is 6.39. The molecule has 0 amide bonds. The van der Waals surface area contributed by atoms with Gasteiger partial charge in [-0.25, -0.2) is 14.6 Å². The molecule has 2 N–H and O–H groups in total. The molecule has 0 aliphatic carbocycles. The highest BCUT2D eigenvalue weighted by atomic mass is 16.6. The van der Waals surface area contributed by atoms with E-state index in [4.69, 9.17) is 19.4 Å². The van der Waals surface area contributed by atoms with Crippen LogP contribution in [0.3, 0.4) is 0 Å². The van der Waals surface area contributed by atoms with Crippen molar-refractivity contribution in [1.29, 1.82) is 0 Å². The minimum absolute atomic E-state index is 0.517. The summed E-state index contributed by atoms with van der Waals surface area (Å²) in [4.78, 5) is 26.0. The smallest absolute Gasteiger partial charge is 0.328 e. The van der Waals surface area contributed by atoms with E-state index in [-0.39, 0.29) is 0 Å². The first-order valence-electron chi connectivity index (χ1n) is 8.98. The lowest BCUT2D eigenvalue weighted by Gasteiger charge is -2.20. The Hall–Kier alpha value is -3.39. The van der Waals surface area contributed by atoms with Crippen LogP contribution in [0.4, 0.5) is 0 Å². The molecule has 0 saturated carbocycles. The van der Waals surface area contributed by atoms with Crippen LogP contribution in [0, 0.1) is 0 Å². The minimum atomic E-state index is -1.26. The number of aromatic nitrogens is 1. The van der Waals surface area contributed by atoms with Crippen molar-refractivity contribution in [2.45, 2.75) is 12.8 Å². The van der Waals surface area contributed by atoms with Gasteiger partial charge < -0.3 is 24.3 Å². The van der Waals surface area contributed by atoms with Crippen LogP contribution in [0.15, 0.2) is 53.0 Å². The van der Waals surface area contributed by atoms with E-state index < -0.39 is 11.9 Å². The molecular weight excluding hydrogens is 376 g/mol. The summed E-state index contributed by atoms with van der Waals surface area (Å²) in [6.07, 6.45) is 5.07. The van der Waals surface area contributed by atoms with Crippen LogP contribution in [-0.2, 0) is 16.0 Å². The molecule has 1 aromatic heterocycles. The molecule has 8 heteroatoms. The van der Waals surface area contributed by atoms with Gasteiger partial charge in [0.2, 0.25) is 5.89 Å². The van der Waals surface area contributed by atoms with E-state index in [1.807, 2.05) is 18.2 Å². The Morgan fingerprint density at radius 2 is 1.86 bits per heavy atom. The minimum Gasteiger partial charge on any atom is -0.478 e. The van der Waals surface area contributed by atoms with Crippen molar-refractivity contribution in [2.75, 3.05) is 27.2 Å². The fraction of sp³-hybridized carbons (Fsp3) is 0.286. The third-order valence-electron chi connectivity index (χ3n) is 4.05. The summed E-state index contributed by atoms with van der Waals surface area (Å²) < 4.78 is 11.1. The second-order valence-corrected chi connectivity index (χ2v) is 6.39. The number of nitrogens with zero attached hydrogens (tertiary/aromatic N) is 2. The monoisotopic (exact) mass is 400 g/mol. The van der Waals surface area contributed by atoms with Crippen molar-refractivity contribution in [3.8, 4) is 5.95 Å². The normalized spacial score (nSPS) is 14.1. The molecule has 0 saturated heterocycles. The van der Waals surface area contributed by atoms with Gasteiger partial charge in [-0.3, -0.25) is 0 Å². The number of carboxylic acid groups (broad SMARTS) is 2. The number of methoxy groups -OCH3 is 1. The second kappa shape index (κ2) is 10.8. The topological polar surface area (TPSA) is 113 Å². The van der Waals surface area contributed by atoms with Crippen LogP contribution in [0.5, 0.6) is 5.95 Å². The molecular formula is C21H24N2O6. The maximum absolute atomic E-state index is 9.55. The summed E-state index contributed by atoms with van der Waals surface area (Å²) >= 11 is 0. The zero-order valence-electron chi connectivity index (χ0n) is 16.4. The van der Waals surface area contributed by atoms with Crippen LogP contribution >= 0.6 is 0 Å². The lowest BCUT2D eigenvalue weighted by atomic mass is 10.1. The molecule has 0 radical (unpaired) electrons. The van der Waals surface area contributed by atoms with Crippen LogP contribution in [0.25, 0.3) is 5.57 Å². The number of aliphatic carboxylic acids is 2. The zero-order chi connectivity index (χ0) is 21.2. The van der Waals surface area contributed by atoms with Crippen molar-refractivity contribution in [3.63, 3.8) is 0 Å². The average molecular weight is 400 g/mol. The van der Waals surface area contributed by atoms with Crippen molar-refractivity contribution in [2.24, 2.45) is 0 Å². The fourth-order valence-corrected chi connectivity index (χ4v) is 2.73. The third kappa shape index (κ3) is 7.27. The molecule has 2 heterocycles. The first-order valence-corrected chi connectivity index (χ1v) is 8.98. The van der Waals surface area contributed by atoms with E-state index in [1.54, 1.807) is 7.11 Å². The van der Waals surface area contributed by atoms with Crippen molar-refractivity contribution < 1.29 is 29.0 Å². The number of ether oxygens (including phenoxy) is 1. The van der Waals surface area contributed by atoms with Gasteiger partial charge in [-0.05, 0) is 19.0 Å². The van der Waals surface area contributed by atoms with Crippen LogP contribution < -0.4 is 4.74 Å². The number of hydrogen-bond acceptors (Lipinski definition) is 6. The van der Waals surface area contributed by atoms with E-state index in [9.17, 15) is 9.59 Å². The van der Waals surface area contributed by atoms with Gasteiger partial charge in [0.1, 0.15) is 5.69 Å². The summed E-state index contributed by atoms with van der Waals surface area (Å²) in [7, 11) is 3.73. The molecule has 3 rings (SSSR count). The van der Waals surface area contributed by atoms with Gasteiger partial charge in [0.15, 0.2) is 0 Å². The predicted octanol–water partition coefficient (Wildman–Crippen LogP) is 2.70. The first kappa shape index (κ1) is 21.9. The standard InChI is InChI=1S/C17H20N2O2.C4H4O4/c1-19-10-6-9-14(12-19)16-18-15(17(20-2)21-16)11-13-7-4-3-5-8-13;5-3(6)1-2-4(7)8/h3-5,7-9H,6,10-12H2,1-2H3;1-2H,(H,5,6)(H,7,8)/b;2-1-. The highest BCUT2D eigenvalue weighted by Gasteiger charge is 2.19. The van der Waals surface area contributed by atoms with Gasteiger partial charge in [-0.15, -0.1) is 0 Å². The number of rotatable bonds is 6. The van der Waals surface area contributed by atoms with Crippen LogP contribution in [0.2, 0.25) is 0 Å². The SMILES string of the molecule is COc1oc(C2=CCCN(C)C2)nc1Cc1ccccc1.O=C(O)/C=C\C(=O)O. The molecule has 0 bridgehead atoms. The largest absolute Gasteiger partial charge is 0.478 e. The molecule has 8 nitrogen and oxygen atoms in total. The quantitative estimate of drug-likeness (QED) is 0.712. The Morgan fingerprint density at radius 3 is 2.41 bits per heavy atom. The molecule has 2 aromatic rings. The molecule has 1 aromatic carbocycles. The highest BCUT2D eigenvalue weighted by molar-refractivity contribution is 5.89. The van der Waals surface area contributed by atoms with Crippen LogP contribution in [0.1, 0.15) is 23.6 Å². The summed E-state index contributed by atoms with van der Waals surface area (Å²) in [6.45, 7) is 1.95. The summed E-state index contributed by atoms with van der Waals surface area (Å²) in [5, 5.41) is 15.6. The van der Waals surface area contributed by atoms with Gasteiger partial charge in [0, 0.05) is 37.2 Å². The van der Waals surface area contributed by atoms with Gasteiger partial charge in [-0.1, -0.05) is 36.4 Å². The van der Waals surface area contributed by atoms with Crippen molar-refractivity contribution >= 4 is 17.5 Å². The molecule has 154 valence electrons. The average Bonchev–Trinajstić information content (AvgIpc) is 3.10. The molecule has 29 heavy (non-hydrogen) atoms. The Morgan fingerprint density at radius 1 is 1.21 bits per heavy atom. The molecule has 1 aliphatic heterocycles. The molecule has 0 fully saturated rings. The highest BCUT2D eigenvalue weighted by Crippen LogP contribution is 2.28. The van der Waals surface area contributed by atoms with Crippen molar-refractivity contribution in [1.82, 2.24) is 9.88 Å². The van der Waals surface area contributed by atoms with Gasteiger partial charge in [-0.2, -0.15) is 0 Å².